The first-order valence-corrected chi connectivity index (χ1v) is 12.7. The Hall–Kier alpha value is -1.86. The topological polar surface area (TPSA) is 68.2 Å². The van der Waals surface area contributed by atoms with Crippen molar-refractivity contribution in [3.8, 4) is 5.88 Å². The van der Waals surface area contributed by atoms with Gasteiger partial charge in [-0.2, -0.15) is 0 Å². The number of hydrogen-bond donors (Lipinski definition) is 1. The predicted molar refractivity (Wildman–Crippen MR) is 126 cm³/mol. The fourth-order valence-corrected chi connectivity index (χ4v) is 4.76. The number of nitrogens with one attached hydrogen (secondary N) is 1. The quantitative estimate of drug-likeness (QED) is 0.484. The molecule has 3 fully saturated rings. The largest absolute Gasteiger partial charge is 0.474 e. The Morgan fingerprint density at radius 2 is 1.91 bits per heavy atom. The van der Waals surface area contributed by atoms with Crippen molar-refractivity contribution >= 4 is 5.96 Å². The number of piperidine rings is 1. The second-order valence-electron chi connectivity index (χ2n) is 9.21. The molecule has 1 atom stereocenters. The van der Waals surface area contributed by atoms with Gasteiger partial charge in [-0.15, -0.1) is 0 Å². The van der Waals surface area contributed by atoms with Crippen LogP contribution in [0.2, 0.25) is 0 Å². The Morgan fingerprint density at radius 3 is 2.59 bits per heavy atom. The summed E-state index contributed by atoms with van der Waals surface area (Å²) in [6.07, 6.45) is 13.4. The summed E-state index contributed by atoms with van der Waals surface area (Å²) in [6.45, 7) is 7.16. The highest BCUT2D eigenvalue weighted by molar-refractivity contribution is 5.80. The zero-order valence-corrected chi connectivity index (χ0v) is 19.6. The SMILES string of the molecule is CCNC(=NCc1ccc(OC2CCCC2)nc1)N1CCC(OCC2CCCCO2)CC1. The molecule has 1 aromatic heterocycles. The first kappa shape index (κ1) is 23.3. The molecule has 4 rings (SSSR count). The van der Waals surface area contributed by atoms with Crippen molar-refractivity contribution in [3.63, 3.8) is 0 Å². The normalized spacial score (nSPS) is 23.5. The van der Waals surface area contributed by atoms with E-state index in [4.69, 9.17) is 19.2 Å². The number of nitrogens with zero attached hydrogens (tertiary/aromatic N) is 3. The fourth-order valence-electron chi connectivity index (χ4n) is 4.76. The zero-order chi connectivity index (χ0) is 22.0. The highest BCUT2D eigenvalue weighted by Crippen LogP contribution is 2.23. The summed E-state index contributed by atoms with van der Waals surface area (Å²) in [5.74, 6) is 1.71. The van der Waals surface area contributed by atoms with Gasteiger partial charge in [-0.1, -0.05) is 6.07 Å². The number of ether oxygens (including phenoxy) is 3. The minimum absolute atomic E-state index is 0.296. The van der Waals surface area contributed by atoms with Crippen LogP contribution in [-0.4, -0.2) is 67.0 Å². The van der Waals surface area contributed by atoms with Crippen molar-refractivity contribution in [2.45, 2.75) is 89.6 Å². The van der Waals surface area contributed by atoms with Gasteiger partial charge < -0.3 is 24.4 Å². The maximum Gasteiger partial charge on any atom is 0.213 e. The third-order valence-electron chi connectivity index (χ3n) is 6.67. The molecule has 3 aliphatic rings. The molecule has 0 aromatic carbocycles. The lowest BCUT2D eigenvalue weighted by molar-refractivity contribution is -0.0721. The van der Waals surface area contributed by atoms with E-state index in [-0.39, 0.29) is 0 Å². The van der Waals surface area contributed by atoms with E-state index in [2.05, 4.69) is 28.2 Å². The first-order chi connectivity index (χ1) is 15.8. The molecule has 178 valence electrons. The van der Waals surface area contributed by atoms with Crippen molar-refractivity contribution in [1.82, 2.24) is 15.2 Å². The average molecular weight is 445 g/mol. The van der Waals surface area contributed by atoms with Crippen LogP contribution in [0.25, 0.3) is 0 Å². The van der Waals surface area contributed by atoms with Gasteiger partial charge in [-0.05, 0) is 70.3 Å². The Bertz CT molecular complexity index is 692. The molecule has 2 aliphatic heterocycles. The maximum absolute atomic E-state index is 6.17. The molecule has 1 aromatic rings. The summed E-state index contributed by atoms with van der Waals surface area (Å²) >= 11 is 0. The van der Waals surface area contributed by atoms with Gasteiger partial charge in [0.1, 0.15) is 6.10 Å². The van der Waals surface area contributed by atoms with Crippen LogP contribution in [0.3, 0.4) is 0 Å². The lowest BCUT2D eigenvalue weighted by atomic mass is 10.1. The smallest absolute Gasteiger partial charge is 0.213 e. The molecule has 2 saturated heterocycles. The van der Waals surface area contributed by atoms with Gasteiger partial charge in [0, 0.05) is 38.5 Å². The van der Waals surface area contributed by atoms with E-state index in [1.165, 1.54) is 25.7 Å². The second-order valence-corrected chi connectivity index (χ2v) is 9.21. The molecule has 1 aliphatic carbocycles. The van der Waals surface area contributed by atoms with Crippen molar-refractivity contribution in [2.75, 3.05) is 32.8 Å². The van der Waals surface area contributed by atoms with Crippen molar-refractivity contribution in [1.29, 1.82) is 0 Å². The van der Waals surface area contributed by atoms with Crippen LogP contribution < -0.4 is 10.1 Å². The molecule has 1 N–H and O–H groups in total. The van der Waals surface area contributed by atoms with Crippen molar-refractivity contribution < 1.29 is 14.2 Å². The number of rotatable bonds is 8. The van der Waals surface area contributed by atoms with Gasteiger partial charge >= 0.3 is 0 Å². The van der Waals surface area contributed by atoms with Crippen LogP contribution in [-0.2, 0) is 16.0 Å². The number of pyridine rings is 1. The molecular formula is C25H40N4O3. The second kappa shape index (κ2) is 12.4. The molecule has 7 heteroatoms. The highest BCUT2D eigenvalue weighted by Gasteiger charge is 2.24. The number of likely N-dealkylation sites (tertiary alicyclic amines) is 1. The van der Waals surface area contributed by atoms with Crippen LogP contribution in [0.4, 0.5) is 0 Å². The van der Waals surface area contributed by atoms with Gasteiger partial charge in [-0.3, -0.25) is 0 Å². The maximum atomic E-state index is 6.17. The fraction of sp³-hybridized carbons (Fsp3) is 0.760. The molecular weight excluding hydrogens is 404 g/mol. The van der Waals surface area contributed by atoms with Crippen molar-refractivity contribution in [3.05, 3.63) is 23.9 Å². The van der Waals surface area contributed by atoms with Crippen LogP contribution in [0.1, 0.15) is 70.3 Å². The standard InChI is InChI=1S/C25H40N4O3/c1-2-26-25(28-18-20-10-11-24(27-17-20)32-22-7-3-4-8-22)29-14-12-21(13-15-29)31-19-23-9-5-6-16-30-23/h10-11,17,21-23H,2-9,12-16,18-19H2,1H3,(H,26,28). The molecule has 3 heterocycles. The summed E-state index contributed by atoms with van der Waals surface area (Å²) in [5.41, 5.74) is 1.10. The summed E-state index contributed by atoms with van der Waals surface area (Å²) < 4.78 is 17.9. The highest BCUT2D eigenvalue weighted by atomic mass is 16.5. The molecule has 32 heavy (non-hydrogen) atoms. The lowest BCUT2D eigenvalue weighted by Crippen LogP contribution is -2.47. The minimum atomic E-state index is 0.296. The number of guanidine groups is 1. The van der Waals surface area contributed by atoms with Gasteiger partial charge in [0.25, 0.3) is 0 Å². The Kier molecular flexibility index (Phi) is 9.03. The van der Waals surface area contributed by atoms with Gasteiger partial charge in [0.15, 0.2) is 5.96 Å². The number of aliphatic imine (C=N–C) groups is 1. The summed E-state index contributed by atoms with van der Waals surface area (Å²) in [5, 5.41) is 3.45. The molecule has 7 nitrogen and oxygen atoms in total. The molecule has 0 spiro atoms. The Morgan fingerprint density at radius 1 is 1.09 bits per heavy atom. The summed E-state index contributed by atoms with van der Waals surface area (Å²) in [7, 11) is 0. The van der Waals surface area contributed by atoms with Gasteiger partial charge in [0.05, 0.1) is 25.4 Å². The Balaban J connectivity index is 1.23. The molecule has 1 unspecified atom stereocenters. The Labute approximate surface area is 192 Å². The summed E-state index contributed by atoms with van der Waals surface area (Å²) in [4.78, 5) is 11.7. The minimum Gasteiger partial charge on any atom is -0.474 e. The third kappa shape index (κ3) is 7.07. The van der Waals surface area contributed by atoms with E-state index in [1.54, 1.807) is 0 Å². The van der Waals surface area contributed by atoms with E-state index < -0.39 is 0 Å². The van der Waals surface area contributed by atoms with Crippen LogP contribution in [0, 0.1) is 0 Å². The first-order valence-electron chi connectivity index (χ1n) is 12.7. The predicted octanol–water partition coefficient (Wildman–Crippen LogP) is 3.92. The van der Waals surface area contributed by atoms with Crippen LogP contribution in [0.5, 0.6) is 5.88 Å². The zero-order valence-electron chi connectivity index (χ0n) is 19.6. The van der Waals surface area contributed by atoms with E-state index in [9.17, 15) is 0 Å². The monoisotopic (exact) mass is 444 g/mol. The molecule has 0 bridgehead atoms. The van der Waals surface area contributed by atoms with E-state index in [0.29, 0.717) is 24.9 Å². The molecule has 0 amide bonds. The molecule has 0 radical (unpaired) electrons. The average Bonchev–Trinajstić information content (AvgIpc) is 3.35. The van der Waals surface area contributed by atoms with Gasteiger partial charge in [0.2, 0.25) is 5.88 Å². The number of hydrogen-bond acceptors (Lipinski definition) is 5. The van der Waals surface area contributed by atoms with E-state index in [1.807, 2.05) is 12.3 Å². The van der Waals surface area contributed by atoms with E-state index >= 15 is 0 Å². The van der Waals surface area contributed by atoms with Gasteiger partial charge in [-0.25, -0.2) is 9.98 Å². The third-order valence-corrected chi connectivity index (χ3v) is 6.67. The van der Waals surface area contributed by atoms with Crippen molar-refractivity contribution in [2.24, 2.45) is 4.99 Å². The van der Waals surface area contributed by atoms with E-state index in [0.717, 1.165) is 82.4 Å². The van der Waals surface area contributed by atoms with Crippen LogP contribution >= 0.6 is 0 Å². The van der Waals surface area contributed by atoms with Crippen LogP contribution in [0.15, 0.2) is 23.3 Å². The lowest BCUT2D eigenvalue weighted by Gasteiger charge is -2.35. The summed E-state index contributed by atoms with van der Waals surface area (Å²) in [6, 6.07) is 4.06. The molecule has 1 saturated carbocycles. The number of aromatic nitrogens is 1.